The molecule has 0 unspecified atom stereocenters. The first-order valence-electron chi connectivity index (χ1n) is 6.95. The maximum absolute atomic E-state index is 9.24. The van der Waals surface area contributed by atoms with Crippen LogP contribution < -0.4 is 4.74 Å². The first-order chi connectivity index (χ1) is 9.15. The van der Waals surface area contributed by atoms with E-state index in [9.17, 15) is 5.26 Å². The summed E-state index contributed by atoms with van der Waals surface area (Å²) in [4.78, 5) is 0. The van der Waals surface area contributed by atoms with E-state index < -0.39 is 0 Å². The van der Waals surface area contributed by atoms with Crippen molar-refractivity contribution in [3.63, 3.8) is 0 Å². The van der Waals surface area contributed by atoms with E-state index in [-0.39, 0.29) is 5.41 Å². The van der Waals surface area contributed by atoms with Crippen LogP contribution in [0.3, 0.4) is 0 Å². The Morgan fingerprint density at radius 2 is 1.79 bits per heavy atom. The third kappa shape index (κ3) is 5.12. The molecule has 0 N–H and O–H groups in total. The number of rotatable bonds is 8. The first kappa shape index (κ1) is 15.9. The predicted octanol–water partition coefficient (Wildman–Crippen LogP) is 5.22. The zero-order valence-corrected chi connectivity index (χ0v) is 12.5. The molecule has 1 rings (SSSR count). The molecule has 0 saturated heterocycles. The second-order valence-corrected chi connectivity index (χ2v) is 5.30. The summed E-state index contributed by atoms with van der Waals surface area (Å²) in [6, 6.07) is 9.87. The van der Waals surface area contributed by atoms with Crippen LogP contribution >= 0.6 is 11.6 Å². The Hall–Kier alpha value is -1.20. The fourth-order valence-electron chi connectivity index (χ4n) is 2.10. The van der Waals surface area contributed by atoms with Crippen molar-refractivity contribution in [1.29, 1.82) is 5.26 Å². The lowest BCUT2D eigenvalue weighted by molar-refractivity contribution is 0.276. The molecule has 0 heterocycles. The van der Waals surface area contributed by atoms with E-state index in [1.165, 1.54) is 0 Å². The molecule has 3 heteroatoms. The van der Waals surface area contributed by atoms with Crippen LogP contribution in [0.2, 0.25) is 5.02 Å². The van der Waals surface area contributed by atoms with Crippen molar-refractivity contribution in [3.05, 3.63) is 29.3 Å². The number of ether oxygens (including phenoxy) is 1. The predicted molar refractivity (Wildman–Crippen MR) is 79.4 cm³/mol. The van der Waals surface area contributed by atoms with E-state index in [2.05, 4.69) is 19.9 Å². The van der Waals surface area contributed by atoms with Gasteiger partial charge in [0.1, 0.15) is 5.75 Å². The Kier molecular flexibility index (Phi) is 6.73. The van der Waals surface area contributed by atoms with Gasteiger partial charge in [0, 0.05) is 5.02 Å². The minimum Gasteiger partial charge on any atom is -0.494 e. The van der Waals surface area contributed by atoms with E-state index in [1.807, 2.05) is 24.3 Å². The maximum Gasteiger partial charge on any atom is 0.119 e. The third-order valence-corrected chi connectivity index (χ3v) is 3.97. The van der Waals surface area contributed by atoms with Gasteiger partial charge in [-0.1, -0.05) is 25.4 Å². The number of benzene rings is 1. The van der Waals surface area contributed by atoms with E-state index in [0.717, 1.165) is 42.9 Å². The molecule has 0 aliphatic heterocycles. The second kappa shape index (κ2) is 8.07. The van der Waals surface area contributed by atoms with E-state index in [0.29, 0.717) is 6.61 Å². The number of hydrogen-bond acceptors (Lipinski definition) is 2. The summed E-state index contributed by atoms with van der Waals surface area (Å²) in [5.41, 5.74) is -0.139. The number of halogens is 1. The van der Waals surface area contributed by atoms with Crippen LogP contribution in [0.5, 0.6) is 5.75 Å². The fourth-order valence-corrected chi connectivity index (χ4v) is 2.23. The van der Waals surface area contributed by atoms with Gasteiger partial charge in [-0.25, -0.2) is 0 Å². The average Bonchev–Trinajstić information content (AvgIpc) is 2.45. The molecule has 104 valence electrons. The van der Waals surface area contributed by atoms with Crippen molar-refractivity contribution in [2.24, 2.45) is 5.41 Å². The smallest absolute Gasteiger partial charge is 0.119 e. The highest BCUT2D eigenvalue weighted by Gasteiger charge is 2.24. The van der Waals surface area contributed by atoms with Gasteiger partial charge < -0.3 is 4.74 Å². The summed E-state index contributed by atoms with van der Waals surface area (Å²) < 4.78 is 5.64. The topological polar surface area (TPSA) is 33.0 Å². The standard InChI is InChI=1S/C16H22ClNO/c1-3-16(4-2,13-18)11-5-6-12-19-15-9-7-14(17)8-10-15/h7-10H,3-6,11-12H2,1-2H3. The first-order valence-corrected chi connectivity index (χ1v) is 7.33. The monoisotopic (exact) mass is 279 g/mol. The highest BCUT2D eigenvalue weighted by molar-refractivity contribution is 6.30. The molecular formula is C16H22ClNO. The maximum atomic E-state index is 9.24. The summed E-state index contributed by atoms with van der Waals surface area (Å²) in [7, 11) is 0. The van der Waals surface area contributed by atoms with Gasteiger partial charge in [0.25, 0.3) is 0 Å². The van der Waals surface area contributed by atoms with Crippen LogP contribution in [0.15, 0.2) is 24.3 Å². The number of nitrogens with zero attached hydrogens (tertiary/aromatic N) is 1. The van der Waals surface area contributed by atoms with Crippen molar-refractivity contribution < 1.29 is 4.74 Å². The molecule has 19 heavy (non-hydrogen) atoms. The molecule has 0 fully saturated rings. The molecule has 0 aliphatic carbocycles. The molecule has 0 aromatic heterocycles. The van der Waals surface area contributed by atoms with Gasteiger partial charge in [0.05, 0.1) is 18.1 Å². The summed E-state index contributed by atoms with van der Waals surface area (Å²) in [6.07, 6.45) is 4.82. The largest absolute Gasteiger partial charge is 0.494 e. The molecule has 0 radical (unpaired) electrons. The van der Waals surface area contributed by atoms with Crippen molar-refractivity contribution in [2.75, 3.05) is 6.61 Å². The Bertz CT molecular complexity index is 404. The van der Waals surface area contributed by atoms with Gasteiger partial charge in [0.2, 0.25) is 0 Å². The Morgan fingerprint density at radius 3 is 2.32 bits per heavy atom. The summed E-state index contributed by atoms with van der Waals surface area (Å²) in [5.74, 6) is 0.849. The highest BCUT2D eigenvalue weighted by atomic mass is 35.5. The Balaban J connectivity index is 2.24. The van der Waals surface area contributed by atoms with Crippen molar-refractivity contribution >= 4 is 11.6 Å². The minimum absolute atomic E-state index is 0.139. The Labute approximate surface area is 121 Å². The minimum atomic E-state index is -0.139. The zero-order valence-electron chi connectivity index (χ0n) is 11.8. The van der Waals surface area contributed by atoms with Gasteiger partial charge in [0.15, 0.2) is 0 Å². The van der Waals surface area contributed by atoms with Crippen LogP contribution in [0, 0.1) is 16.7 Å². The van der Waals surface area contributed by atoms with Gasteiger partial charge in [-0.15, -0.1) is 0 Å². The normalized spacial score (nSPS) is 11.1. The van der Waals surface area contributed by atoms with E-state index in [1.54, 1.807) is 0 Å². The number of unbranched alkanes of at least 4 members (excludes halogenated alkanes) is 1. The molecule has 1 aromatic carbocycles. The molecule has 0 aliphatic rings. The number of nitriles is 1. The number of hydrogen-bond donors (Lipinski definition) is 0. The van der Waals surface area contributed by atoms with Crippen LogP contribution in [-0.2, 0) is 0 Å². The van der Waals surface area contributed by atoms with Crippen LogP contribution in [0.4, 0.5) is 0 Å². The molecule has 0 spiro atoms. The highest BCUT2D eigenvalue weighted by Crippen LogP contribution is 2.31. The lowest BCUT2D eigenvalue weighted by atomic mass is 9.79. The van der Waals surface area contributed by atoms with Crippen LogP contribution in [-0.4, -0.2) is 6.61 Å². The van der Waals surface area contributed by atoms with Crippen LogP contribution in [0.25, 0.3) is 0 Å². The lowest BCUT2D eigenvalue weighted by Gasteiger charge is -2.22. The molecule has 2 nitrogen and oxygen atoms in total. The molecule has 0 atom stereocenters. The fraction of sp³-hybridized carbons (Fsp3) is 0.562. The quantitative estimate of drug-likeness (QED) is 0.611. The van der Waals surface area contributed by atoms with Gasteiger partial charge in [-0.2, -0.15) is 5.26 Å². The van der Waals surface area contributed by atoms with Gasteiger partial charge in [-0.3, -0.25) is 0 Å². The summed E-state index contributed by atoms with van der Waals surface area (Å²) in [5, 5.41) is 9.96. The van der Waals surface area contributed by atoms with Crippen molar-refractivity contribution in [1.82, 2.24) is 0 Å². The van der Waals surface area contributed by atoms with Crippen LogP contribution in [0.1, 0.15) is 46.0 Å². The molecular weight excluding hydrogens is 258 g/mol. The summed E-state index contributed by atoms with van der Waals surface area (Å²) >= 11 is 5.81. The third-order valence-electron chi connectivity index (χ3n) is 3.72. The average molecular weight is 280 g/mol. The molecule has 0 amide bonds. The van der Waals surface area contributed by atoms with Crippen molar-refractivity contribution in [2.45, 2.75) is 46.0 Å². The van der Waals surface area contributed by atoms with Crippen molar-refractivity contribution in [3.8, 4) is 11.8 Å². The molecule has 1 aromatic rings. The van der Waals surface area contributed by atoms with E-state index >= 15 is 0 Å². The SMILES string of the molecule is CCC(C#N)(CC)CCCCOc1ccc(Cl)cc1. The summed E-state index contributed by atoms with van der Waals surface area (Å²) in [6.45, 7) is 4.88. The second-order valence-electron chi connectivity index (χ2n) is 4.86. The lowest BCUT2D eigenvalue weighted by Crippen LogP contribution is -2.16. The Morgan fingerprint density at radius 1 is 1.16 bits per heavy atom. The molecule has 0 saturated carbocycles. The van der Waals surface area contributed by atoms with Gasteiger partial charge in [-0.05, 0) is 56.4 Å². The molecule has 0 bridgehead atoms. The van der Waals surface area contributed by atoms with E-state index in [4.69, 9.17) is 16.3 Å². The van der Waals surface area contributed by atoms with Gasteiger partial charge >= 0.3 is 0 Å². The zero-order chi connectivity index (χ0) is 14.1.